The average molecular weight is 365 g/mol. The predicted octanol–water partition coefficient (Wildman–Crippen LogP) is 4.17. The number of hydrogen-bond acceptors (Lipinski definition) is 3. The quantitative estimate of drug-likeness (QED) is 0.865. The first-order chi connectivity index (χ1) is 13.3. The largest absolute Gasteiger partial charge is 0.376 e. The standard InChI is InChI=1S/C22H27N3O2/c26-22(24-21-11-3-8-18-7-1-2-10-20(18)21)25(16-19-9-5-13-27-19)15-17-6-4-12-23-14-17/h3-4,6,8,11-12,14,19H,1-2,5,7,9-10,13,15-16H2,(H,24,26)/t19-/m1/s1. The van der Waals surface area contributed by atoms with Crippen LogP contribution in [0, 0.1) is 0 Å². The molecule has 2 amide bonds. The molecule has 2 heterocycles. The zero-order valence-electron chi connectivity index (χ0n) is 15.7. The van der Waals surface area contributed by atoms with E-state index in [-0.39, 0.29) is 12.1 Å². The Morgan fingerprint density at radius 3 is 2.93 bits per heavy atom. The first kappa shape index (κ1) is 18.0. The molecule has 0 radical (unpaired) electrons. The second-order valence-corrected chi connectivity index (χ2v) is 7.46. The van der Waals surface area contributed by atoms with Crippen LogP contribution in [0.3, 0.4) is 0 Å². The van der Waals surface area contributed by atoms with Gasteiger partial charge in [0.05, 0.1) is 6.10 Å². The number of carbonyl (C=O) groups is 1. The van der Waals surface area contributed by atoms with E-state index in [0.717, 1.165) is 43.5 Å². The highest BCUT2D eigenvalue weighted by Gasteiger charge is 2.24. The maximum absolute atomic E-state index is 13.1. The number of ether oxygens (including phenoxy) is 1. The molecule has 4 rings (SSSR count). The molecule has 1 aromatic heterocycles. The molecule has 1 aliphatic heterocycles. The Hall–Kier alpha value is -2.40. The van der Waals surface area contributed by atoms with Crippen molar-refractivity contribution in [3.63, 3.8) is 0 Å². The van der Waals surface area contributed by atoms with Gasteiger partial charge in [0.1, 0.15) is 0 Å². The third-order valence-electron chi connectivity index (χ3n) is 5.47. The number of amides is 2. The van der Waals surface area contributed by atoms with Gasteiger partial charge in [-0.15, -0.1) is 0 Å². The fourth-order valence-corrected chi connectivity index (χ4v) is 4.06. The molecule has 0 unspecified atom stereocenters. The van der Waals surface area contributed by atoms with E-state index in [0.29, 0.717) is 13.1 Å². The molecule has 0 spiro atoms. The molecule has 5 heteroatoms. The monoisotopic (exact) mass is 365 g/mol. The van der Waals surface area contributed by atoms with Crippen LogP contribution in [0.25, 0.3) is 0 Å². The van der Waals surface area contributed by atoms with Gasteiger partial charge in [-0.2, -0.15) is 0 Å². The lowest BCUT2D eigenvalue weighted by atomic mass is 9.90. The van der Waals surface area contributed by atoms with Crippen molar-refractivity contribution >= 4 is 11.7 Å². The molecule has 1 saturated heterocycles. The summed E-state index contributed by atoms with van der Waals surface area (Å²) in [5, 5.41) is 3.18. The zero-order valence-corrected chi connectivity index (χ0v) is 15.7. The smallest absolute Gasteiger partial charge is 0.322 e. The molecule has 2 aromatic rings. The number of aryl methyl sites for hydroxylation is 1. The Balaban J connectivity index is 1.51. The fraction of sp³-hybridized carbons (Fsp3) is 0.455. The van der Waals surface area contributed by atoms with Crippen LogP contribution < -0.4 is 5.32 Å². The maximum atomic E-state index is 13.1. The Morgan fingerprint density at radius 2 is 2.11 bits per heavy atom. The molecular weight excluding hydrogens is 338 g/mol. The molecule has 1 fully saturated rings. The first-order valence-corrected chi connectivity index (χ1v) is 9.97. The van der Waals surface area contributed by atoms with Crippen LogP contribution >= 0.6 is 0 Å². The second kappa shape index (κ2) is 8.53. The lowest BCUT2D eigenvalue weighted by molar-refractivity contribution is 0.0819. The molecule has 1 aromatic carbocycles. The molecule has 2 aliphatic rings. The number of anilines is 1. The van der Waals surface area contributed by atoms with E-state index < -0.39 is 0 Å². The zero-order chi connectivity index (χ0) is 18.5. The number of benzene rings is 1. The molecule has 1 N–H and O–H groups in total. The highest BCUT2D eigenvalue weighted by molar-refractivity contribution is 5.90. The van der Waals surface area contributed by atoms with Crippen LogP contribution in [-0.2, 0) is 24.1 Å². The van der Waals surface area contributed by atoms with Crippen molar-refractivity contribution < 1.29 is 9.53 Å². The summed E-state index contributed by atoms with van der Waals surface area (Å²) >= 11 is 0. The Labute approximate surface area is 160 Å². The summed E-state index contributed by atoms with van der Waals surface area (Å²) in [6, 6.07) is 10.1. The van der Waals surface area contributed by atoms with Crippen molar-refractivity contribution in [3.8, 4) is 0 Å². The number of urea groups is 1. The predicted molar refractivity (Wildman–Crippen MR) is 106 cm³/mol. The number of hydrogen-bond donors (Lipinski definition) is 1. The van der Waals surface area contributed by atoms with Gasteiger partial charge in [0.25, 0.3) is 0 Å². The van der Waals surface area contributed by atoms with Crippen LogP contribution in [0.5, 0.6) is 0 Å². The molecule has 27 heavy (non-hydrogen) atoms. The van der Waals surface area contributed by atoms with Crippen LogP contribution in [0.2, 0.25) is 0 Å². The van der Waals surface area contributed by atoms with Gasteiger partial charge in [0, 0.05) is 37.8 Å². The van der Waals surface area contributed by atoms with Crippen molar-refractivity contribution in [2.45, 2.75) is 51.2 Å². The van der Waals surface area contributed by atoms with Crippen molar-refractivity contribution in [3.05, 3.63) is 59.4 Å². The lowest BCUT2D eigenvalue weighted by Gasteiger charge is -2.27. The Morgan fingerprint density at radius 1 is 1.19 bits per heavy atom. The van der Waals surface area contributed by atoms with Gasteiger partial charge in [0.15, 0.2) is 0 Å². The van der Waals surface area contributed by atoms with E-state index in [4.69, 9.17) is 4.74 Å². The summed E-state index contributed by atoms with van der Waals surface area (Å²) in [4.78, 5) is 19.2. The number of fused-ring (bicyclic) bond motifs is 1. The number of nitrogens with zero attached hydrogens (tertiary/aromatic N) is 2. The number of rotatable bonds is 5. The van der Waals surface area contributed by atoms with Crippen molar-refractivity contribution in [1.29, 1.82) is 0 Å². The fourth-order valence-electron chi connectivity index (χ4n) is 4.06. The van der Waals surface area contributed by atoms with E-state index in [2.05, 4.69) is 16.4 Å². The third kappa shape index (κ3) is 4.48. The van der Waals surface area contributed by atoms with Crippen LogP contribution in [0.15, 0.2) is 42.7 Å². The maximum Gasteiger partial charge on any atom is 0.322 e. The summed E-state index contributed by atoms with van der Waals surface area (Å²) in [6.07, 6.45) is 10.3. The van der Waals surface area contributed by atoms with Crippen LogP contribution in [0.1, 0.15) is 42.4 Å². The van der Waals surface area contributed by atoms with Gasteiger partial charge >= 0.3 is 6.03 Å². The molecule has 1 aliphatic carbocycles. The Kier molecular flexibility index (Phi) is 5.68. The van der Waals surface area contributed by atoms with Gasteiger partial charge in [-0.1, -0.05) is 18.2 Å². The van der Waals surface area contributed by atoms with Crippen molar-refractivity contribution in [2.75, 3.05) is 18.5 Å². The summed E-state index contributed by atoms with van der Waals surface area (Å²) < 4.78 is 5.77. The molecule has 5 nitrogen and oxygen atoms in total. The van der Waals surface area contributed by atoms with Crippen molar-refractivity contribution in [2.24, 2.45) is 0 Å². The van der Waals surface area contributed by atoms with Crippen LogP contribution in [0.4, 0.5) is 10.5 Å². The summed E-state index contributed by atoms with van der Waals surface area (Å²) in [6.45, 7) is 1.93. The topological polar surface area (TPSA) is 54.5 Å². The van der Waals surface area contributed by atoms with E-state index in [1.807, 2.05) is 35.4 Å². The van der Waals surface area contributed by atoms with Gasteiger partial charge in [-0.3, -0.25) is 4.98 Å². The van der Waals surface area contributed by atoms with Gasteiger partial charge in [-0.25, -0.2) is 4.79 Å². The highest BCUT2D eigenvalue weighted by atomic mass is 16.5. The summed E-state index contributed by atoms with van der Waals surface area (Å²) in [7, 11) is 0. The lowest BCUT2D eigenvalue weighted by Crippen LogP contribution is -2.40. The van der Waals surface area contributed by atoms with Gasteiger partial charge < -0.3 is 15.0 Å². The van der Waals surface area contributed by atoms with Crippen LogP contribution in [-0.4, -0.2) is 35.2 Å². The van der Waals surface area contributed by atoms with Crippen molar-refractivity contribution in [1.82, 2.24) is 9.88 Å². The highest BCUT2D eigenvalue weighted by Crippen LogP contribution is 2.28. The molecule has 142 valence electrons. The summed E-state index contributed by atoms with van der Waals surface area (Å²) in [5.74, 6) is 0. The van der Waals surface area contributed by atoms with E-state index in [1.165, 1.54) is 24.0 Å². The van der Waals surface area contributed by atoms with E-state index >= 15 is 0 Å². The SMILES string of the molecule is O=C(Nc1cccc2c1CCCC2)N(Cc1cccnc1)C[C@H]1CCCO1. The van der Waals surface area contributed by atoms with E-state index in [1.54, 1.807) is 6.20 Å². The minimum absolute atomic E-state index is 0.0617. The minimum atomic E-state index is -0.0617. The van der Waals surface area contributed by atoms with E-state index in [9.17, 15) is 4.79 Å². The first-order valence-electron chi connectivity index (χ1n) is 9.97. The van der Waals surface area contributed by atoms with Gasteiger partial charge in [0.2, 0.25) is 0 Å². The molecule has 1 atom stereocenters. The molecular formula is C22H27N3O2. The minimum Gasteiger partial charge on any atom is -0.376 e. The normalized spacial score (nSPS) is 18.7. The molecule has 0 saturated carbocycles. The number of carbonyl (C=O) groups excluding carboxylic acids is 1. The second-order valence-electron chi connectivity index (χ2n) is 7.46. The number of pyridine rings is 1. The third-order valence-corrected chi connectivity index (χ3v) is 5.47. The number of nitrogens with one attached hydrogen (secondary N) is 1. The Bertz CT molecular complexity index is 772. The number of aromatic nitrogens is 1. The van der Waals surface area contributed by atoms with Gasteiger partial charge in [-0.05, 0) is 67.3 Å². The average Bonchev–Trinajstić information content (AvgIpc) is 3.22. The molecule has 0 bridgehead atoms. The summed E-state index contributed by atoms with van der Waals surface area (Å²) in [5.41, 5.74) is 4.66.